The van der Waals surface area contributed by atoms with Crippen LogP contribution in [0.5, 0.6) is 5.75 Å². The minimum Gasteiger partial charge on any atom is -0.506 e. The Morgan fingerprint density at radius 2 is 2.27 bits per heavy atom. The number of phenols is 1. The molecule has 6 heteroatoms. The van der Waals surface area contributed by atoms with Crippen molar-refractivity contribution in [3.63, 3.8) is 0 Å². The van der Waals surface area contributed by atoms with E-state index in [0.717, 1.165) is 0 Å². The molecular weight excluding hydrogens is 218 g/mol. The molecule has 0 saturated heterocycles. The molecule has 0 unspecified atom stereocenters. The van der Waals surface area contributed by atoms with Crippen molar-refractivity contribution >= 4 is 23.3 Å². The lowest BCUT2D eigenvalue weighted by Gasteiger charge is -2.07. The number of halogens is 1. The van der Waals surface area contributed by atoms with Crippen LogP contribution in [0.1, 0.15) is 0 Å². The SMILES string of the molecule is NCCNC(=O)Nc1ccc(O)c(Cl)c1. The van der Waals surface area contributed by atoms with Gasteiger partial charge < -0.3 is 21.5 Å². The van der Waals surface area contributed by atoms with Gasteiger partial charge in [-0.3, -0.25) is 0 Å². The third kappa shape index (κ3) is 3.65. The largest absolute Gasteiger partial charge is 0.506 e. The Hall–Kier alpha value is -1.46. The molecule has 2 amide bonds. The van der Waals surface area contributed by atoms with Crippen LogP contribution in [-0.4, -0.2) is 24.2 Å². The van der Waals surface area contributed by atoms with E-state index in [-0.39, 0.29) is 16.8 Å². The number of amides is 2. The van der Waals surface area contributed by atoms with Crippen LogP contribution in [0.15, 0.2) is 18.2 Å². The Kier molecular flexibility index (Phi) is 4.20. The molecular formula is C9H12ClN3O2. The van der Waals surface area contributed by atoms with E-state index in [1.54, 1.807) is 6.07 Å². The van der Waals surface area contributed by atoms with Gasteiger partial charge in [-0.2, -0.15) is 0 Å². The van der Waals surface area contributed by atoms with Crippen molar-refractivity contribution in [2.75, 3.05) is 18.4 Å². The van der Waals surface area contributed by atoms with Gasteiger partial charge in [0.25, 0.3) is 0 Å². The number of hydrogen-bond donors (Lipinski definition) is 4. The summed E-state index contributed by atoms with van der Waals surface area (Å²) < 4.78 is 0. The first-order valence-corrected chi connectivity index (χ1v) is 4.74. The summed E-state index contributed by atoms with van der Waals surface area (Å²) in [4.78, 5) is 11.2. The number of nitrogens with one attached hydrogen (secondary N) is 2. The van der Waals surface area contributed by atoms with Crippen LogP contribution in [0, 0.1) is 0 Å². The molecule has 0 saturated carbocycles. The zero-order valence-corrected chi connectivity index (χ0v) is 8.71. The second-order valence-electron chi connectivity index (χ2n) is 2.84. The van der Waals surface area contributed by atoms with Gasteiger partial charge in [0.15, 0.2) is 0 Å². The zero-order chi connectivity index (χ0) is 11.3. The summed E-state index contributed by atoms with van der Waals surface area (Å²) in [6.45, 7) is 0.779. The topological polar surface area (TPSA) is 87.4 Å². The lowest BCUT2D eigenvalue weighted by molar-refractivity contribution is 0.252. The highest BCUT2D eigenvalue weighted by molar-refractivity contribution is 6.32. The second kappa shape index (κ2) is 5.43. The summed E-state index contributed by atoms with van der Waals surface area (Å²) in [5, 5.41) is 14.4. The second-order valence-corrected chi connectivity index (χ2v) is 3.24. The smallest absolute Gasteiger partial charge is 0.319 e. The zero-order valence-electron chi connectivity index (χ0n) is 7.96. The molecule has 0 aromatic heterocycles. The van der Waals surface area contributed by atoms with Gasteiger partial charge >= 0.3 is 6.03 Å². The molecule has 0 heterocycles. The third-order valence-electron chi connectivity index (χ3n) is 1.64. The van der Waals surface area contributed by atoms with E-state index in [4.69, 9.17) is 22.4 Å². The molecule has 0 bridgehead atoms. The van der Waals surface area contributed by atoms with Gasteiger partial charge in [-0.05, 0) is 18.2 Å². The van der Waals surface area contributed by atoms with E-state index >= 15 is 0 Å². The minimum absolute atomic E-state index is 0.0235. The van der Waals surface area contributed by atoms with E-state index in [1.165, 1.54) is 12.1 Å². The molecule has 15 heavy (non-hydrogen) atoms. The fraction of sp³-hybridized carbons (Fsp3) is 0.222. The fourth-order valence-corrected chi connectivity index (χ4v) is 1.13. The van der Waals surface area contributed by atoms with Gasteiger partial charge in [0.1, 0.15) is 5.75 Å². The number of aromatic hydroxyl groups is 1. The molecule has 0 spiro atoms. The summed E-state index contributed by atoms with van der Waals surface area (Å²) >= 11 is 5.66. The monoisotopic (exact) mass is 229 g/mol. The number of benzene rings is 1. The number of carbonyl (C=O) groups excluding carboxylic acids is 1. The van der Waals surface area contributed by atoms with Crippen molar-refractivity contribution in [3.05, 3.63) is 23.2 Å². The van der Waals surface area contributed by atoms with Gasteiger partial charge in [0.05, 0.1) is 5.02 Å². The molecule has 0 aliphatic heterocycles. The van der Waals surface area contributed by atoms with Crippen LogP contribution in [-0.2, 0) is 0 Å². The predicted molar refractivity (Wildman–Crippen MR) is 59.2 cm³/mol. The van der Waals surface area contributed by atoms with Crippen LogP contribution in [0.3, 0.4) is 0 Å². The first kappa shape index (κ1) is 11.6. The van der Waals surface area contributed by atoms with Crippen LogP contribution in [0.4, 0.5) is 10.5 Å². The van der Waals surface area contributed by atoms with Gasteiger partial charge in [0.2, 0.25) is 0 Å². The standard InChI is InChI=1S/C9H12ClN3O2/c10-7-5-6(1-2-8(7)14)13-9(15)12-4-3-11/h1-2,5,14H,3-4,11H2,(H2,12,13,15). The predicted octanol–water partition coefficient (Wildman–Crippen LogP) is 1.13. The van der Waals surface area contributed by atoms with Crippen LogP contribution in [0.25, 0.3) is 0 Å². The Balaban J connectivity index is 2.57. The summed E-state index contributed by atoms with van der Waals surface area (Å²) in [6, 6.07) is 4.05. The normalized spacial score (nSPS) is 9.73. The van der Waals surface area contributed by atoms with E-state index in [1.807, 2.05) is 0 Å². The first-order chi connectivity index (χ1) is 7.13. The molecule has 0 aliphatic rings. The highest BCUT2D eigenvalue weighted by Gasteiger charge is 2.03. The van der Waals surface area contributed by atoms with Crippen molar-refractivity contribution in [3.8, 4) is 5.75 Å². The number of urea groups is 1. The number of anilines is 1. The highest BCUT2D eigenvalue weighted by atomic mass is 35.5. The molecule has 5 N–H and O–H groups in total. The highest BCUT2D eigenvalue weighted by Crippen LogP contribution is 2.25. The van der Waals surface area contributed by atoms with Crippen LogP contribution in [0.2, 0.25) is 5.02 Å². The molecule has 5 nitrogen and oxygen atoms in total. The Morgan fingerprint density at radius 3 is 2.87 bits per heavy atom. The number of hydrogen-bond acceptors (Lipinski definition) is 3. The summed E-state index contributed by atoms with van der Waals surface area (Å²) in [7, 11) is 0. The summed E-state index contributed by atoms with van der Waals surface area (Å²) in [5.74, 6) is -0.0235. The van der Waals surface area contributed by atoms with E-state index in [2.05, 4.69) is 10.6 Å². The quantitative estimate of drug-likeness (QED) is 0.586. The Bertz CT molecular complexity index is 357. The maximum Gasteiger partial charge on any atom is 0.319 e. The maximum atomic E-state index is 11.2. The van der Waals surface area contributed by atoms with E-state index in [0.29, 0.717) is 18.8 Å². The molecule has 0 fully saturated rings. The van der Waals surface area contributed by atoms with Crippen molar-refractivity contribution in [2.24, 2.45) is 5.73 Å². The fourth-order valence-electron chi connectivity index (χ4n) is 0.946. The van der Waals surface area contributed by atoms with E-state index < -0.39 is 0 Å². The van der Waals surface area contributed by atoms with Gasteiger partial charge in [0, 0.05) is 18.8 Å². The molecule has 82 valence electrons. The van der Waals surface area contributed by atoms with Crippen LogP contribution >= 0.6 is 11.6 Å². The lowest BCUT2D eigenvalue weighted by atomic mass is 10.3. The molecule has 0 aliphatic carbocycles. The average Bonchev–Trinajstić information content (AvgIpc) is 2.20. The molecule has 1 rings (SSSR count). The van der Waals surface area contributed by atoms with Gasteiger partial charge in [-0.1, -0.05) is 11.6 Å². The molecule has 0 radical (unpaired) electrons. The average molecular weight is 230 g/mol. The first-order valence-electron chi connectivity index (χ1n) is 4.37. The van der Waals surface area contributed by atoms with Gasteiger partial charge in [-0.25, -0.2) is 4.79 Å². The van der Waals surface area contributed by atoms with E-state index in [9.17, 15) is 4.79 Å². The third-order valence-corrected chi connectivity index (χ3v) is 1.94. The van der Waals surface area contributed by atoms with Crippen LogP contribution < -0.4 is 16.4 Å². The van der Waals surface area contributed by atoms with Crippen molar-refractivity contribution < 1.29 is 9.90 Å². The molecule has 1 aromatic rings. The Labute approximate surface area is 92.2 Å². The van der Waals surface area contributed by atoms with Crippen molar-refractivity contribution in [2.45, 2.75) is 0 Å². The number of rotatable bonds is 3. The maximum absolute atomic E-state index is 11.2. The lowest BCUT2D eigenvalue weighted by Crippen LogP contribution is -2.32. The number of phenolic OH excluding ortho intramolecular Hbond substituents is 1. The summed E-state index contributed by atoms with van der Waals surface area (Å²) in [5.41, 5.74) is 5.72. The molecule has 0 atom stereocenters. The number of nitrogens with two attached hydrogens (primary N) is 1. The minimum atomic E-state index is -0.359. The van der Waals surface area contributed by atoms with Crippen molar-refractivity contribution in [1.82, 2.24) is 5.32 Å². The number of carbonyl (C=O) groups is 1. The van der Waals surface area contributed by atoms with Gasteiger partial charge in [-0.15, -0.1) is 0 Å². The molecule has 1 aromatic carbocycles. The summed E-state index contributed by atoms with van der Waals surface area (Å²) in [6.07, 6.45) is 0. The van der Waals surface area contributed by atoms with Crippen molar-refractivity contribution in [1.29, 1.82) is 0 Å². The Morgan fingerprint density at radius 1 is 1.53 bits per heavy atom.